The Morgan fingerprint density at radius 3 is 2.52 bits per heavy atom. The topological polar surface area (TPSA) is 92.3 Å². The normalized spacial score (nSPS) is 27.6. The van der Waals surface area contributed by atoms with Crippen LogP contribution in [-0.4, -0.2) is 57.1 Å². The van der Waals surface area contributed by atoms with Crippen molar-refractivity contribution in [3.63, 3.8) is 0 Å². The highest BCUT2D eigenvalue weighted by molar-refractivity contribution is 6.60. The minimum atomic E-state index is -0.844. The van der Waals surface area contributed by atoms with E-state index in [2.05, 4.69) is 5.32 Å². The number of nitrogens with one attached hydrogen (secondary N) is 1. The number of hydrogen-bond donors (Lipinski definition) is 1. The van der Waals surface area contributed by atoms with Gasteiger partial charge in [-0.3, -0.25) is 4.79 Å². The van der Waals surface area contributed by atoms with Crippen LogP contribution >= 0.6 is 0 Å². The number of rotatable bonds is 4. The van der Waals surface area contributed by atoms with E-state index in [0.29, 0.717) is 5.75 Å². The smallest absolute Gasteiger partial charge is 0.461 e. The fraction of sp³-hybridized carbons (Fsp3) is 0.400. The standard InChI is InChI=1S/C20H22BNO7/c1-20(2)16(25-3)14-15(28-19(24)27-14)17(29-20)26-13-7-5-10-8-12(22-18(21)23)6-4-11(10)9-13/h4-9,14-17H,21H2,1-3H3,(H,22,23)/t14-,15+,16+,17+/m0/s1. The Kier molecular flexibility index (Phi) is 4.88. The van der Waals surface area contributed by atoms with Crippen molar-refractivity contribution in [3.05, 3.63) is 36.4 Å². The maximum absolute atomic E-state index is 11.7. The van der Waals surface area contributed by atoms with Gasteiger partial charge in [0, 0.05) is 12.8 Å². The third-order valence-electron chi connectivity index (χ3n) is 5.10. The second-order valence-electron chi connectivity index (χ2n) is 7.68. The summed E-state index contributed by atoms with van der Waals surface area (Å²) in [5.41, 5.74) is -0.0296. The summed E-state index contributed by atoms with van der Waals surface area (Å²) in [6.07, 6.45) is -3.45. The van der Waals surface area contributed by atoms with Gasteiger partial charge in [0.15, 0.2) is 11.9 Å². The zero-order valence-electron chi connectivity index (χ0n) is 16.6. The van der Waals surface area contributed by atoms with Gasteiger partial charge in [0.25, 0.3) is 0 Å². The molecule has 4 rings (SSSR count). The second-order valence-corrected chi connectivity index (χ2v) is 7.68. The van der Waals surface area contributed by atoms with Gasteiger partial charge in [0.1, 0.15) is 11.9 Å². The minimum Gasteiger partial charge on any atom is -0.461 e. The van der Waals surface area contributed by atoms with Crippen LogP contribution in [0.4, 0.5) is 15.3 Å². The van der Waals surface area contributed by atoms with E-state index in [0.717, 1.165) is 16.5 Å². The molecule has 152 valence electrons. The number of carbonyl (C=O) groups is 2. The predicted molar refractivity (Wildman–Crippen MR) is 107 cm³/mol. The van der Waals surface area contributed by atoms with Crippen molar-refractivity contribution in [1.82, 2.24) is 0 Å². The van der Waals surface area contributed by atoms with Crippen molar-refractivity contribution in [1.29, 1.82) is 0 Å². The zero-order chi connectivity index (χ0) is 20.8. The number of amides is 1. The van der Waals surface area contributed by atoms with Crippen LogP contribution in [0.15, 0.2) is 36.4 Å². The molecular weight excluding hydrogens is 377 g/mol. The molecular formula is C20H22BNO7. The van der Waals surface area contributed by atoms with Crippen molar-refractivity contribution < 1.29 is 33.3 Å². The lowest BCUT2D eigenvalue weighted by molar-refractivity contribution is -0.282. The number of carbonyl (C=O) groups excluding carboxylic acids is 2. The molecule has 0 spiro atoms. The van der Waals surface area contributed by atoms with Crippen molar-refractivity contribution in [2.24, 2.45) is 0 Å². The summed E-state index contributed by atoms with van der Waals surface area (Å²) in [6, 6.07) is 11.1. The molecule has 8 nitrogen and oxygen atoms in total. The summed E-state index contributed by atoms with van der Waals surface area (Å²) in [5.74, 6) is 0.432. The van der Waals surface area contributed by atoms with Crippen LogP contribution in [0, 0.1) is 0 Å². The molecule has 0 bridgehead atoms. The average Bonchev–Trinajstić information content (AvgIpc) is 3.02. The van der Waals surface area contributed by atoms with Crippen LogP contribution in [0.5, 0.6) is 5.75 Å². The van der Waals surface area contributed by atoms with Gasteiger partial charge < -0.3 is 29.0 Å². The summed E-state index contributed by atoms with van der Waals surface area (Å²) in [5, 5.41) is 4.63. The summed E-state index contributed by atoms with van der Waals surface area (Å²) in [4.78, 5) is 23.0. The van der Waals surface area contributed by atoms with E-state index in [1.54, 1.807) is 13.2 Å². The lowest BCUT2D eigenvalue weighted by atomic mass is 9.89. The number of methoxy groups -OCH3 is 1. The summed E-state index contributed by atoms with van der Waals surface area (Å²) < 4.78 is 28.2. The molecule has 2 aromatic rings. The number of benzene rings is 2. The molecule has 2 saturated heterocycles. The molecule has 0 radical (unpaired) electrons. The molecule has 1 N–H and O–H groups in total. The van der Waals surface area contributed by atoms with E-state index in [9.17, 15) is 9.59 Å². The highest BCUT2D eigenvalue weighted by atomic mass is 16.8. The van der Waals surface area contributed by atoms with Crippen LogP contribution in [0.1, 0.15) is 13.8 Å². The van der Waals surface area contributed by atoms with E-state index >= 15 is 0 Å². The van der Waals surface area contributed by atoms with Crippen LogP contribution in [0.2, 0.25) is 0 Å². The van der Waals surface area contributed by atoms with E-state index in [1.165, 1.54) is 7.85 Å². The molecule has 2 fully saturated rings. The molecule has 2 aliphatic rings. The first-order chi connectivity index (χ1) is 13.8. The van der Waals surface area contributed by atoms with E-state index < -0.39 is 36.4 Å². The first-order valence-corrected chi connectivity index (χ1v) is 9.33. The second kappa shape index (κ2) is 7.24. The van der Waals surface area contributed by atoms with Gasteiger partial charge in [-0.15, -0.1) is 0 Å². The molecule has 29 heavy (non-hydrogen) atoms. The summed E-state index contributed by atoms with van der Waals surface area (Å²) >= 11 is 0. The highest BCUT2D eigenvalue weighted by Crippen LogP contribution is 2.38. The molecule has 4 atom stereocenters. The molecule has 2 aliphatic heterocycles. The minimum absolute atomic E-state index is 0.126. The number of anilines is 1. The van der Waals surface area contributed by atoms with Crippen molar-refractivity contribution in [2.75, 3.05) is 12.4 Å². The third-order valence-corrected chi connectivity index (χ3v) is 5.10. The Morgan fingerprint density at radius 2 is 1.79 bits per heavy atom. The SMILES string of the molecule is BC(=O)Nc1ccc2cc(O[C@@H]3OC(C)(C)[C@H](OC)[C@H]4OC(=O)O[C@@H]34)ccc2c1. The van der Waals surface area contributed by atoms with Gasteiger partial charge in [0.2, 0.25) is 20.2 Å². The number of ether oxygens (including phenoxy) is 5. The molecule has 9 heteroatoms. The number of hydrogen-bond acceptors (Lipinski definition) is 7. The molecule has 1 amide bonds. The van der Waals surface area contributed by atoms with Crippen molar-refractivity contribution >= 4 is 36.3 Å². The lowest BCUT2D eigenvalue weighted by Crippen LogP contribution is -2.62. The Morgan fingerprint density at radius 1 is 1.10 bits per heavy atom. The Bertz CT molecular complexity index is 963. The summed E-state index contributed by atoms with van der Waals surface area (Å²) in [6.45, 7) is 3.70. The van der Waals surface area contributed by atoms with E-state index in [1.807, 2.05) is 44.2 Å². The quantitative estimate of drug-likeness (QED) is 0.624. The van der Waals surface area contributed by atoms with Crippen molar-refractivity contribution in [3.8, 4) is 5.75 Å². The average molecular weight is 399 g/mol. The molecule has 0 aromatic heterocycles. The van der Waals surface area contributed by atoms with Crippen LogP contribution in [0.25, 0.3) is 10.8 Å². The van der Waals surface area contributed by atoms with Gasteiger partial charge in [-0.2, -0.15) is 0 Å². The molecule has 2 heterocycles. The van der Waals surface area contributed by atoms with Crippen LogP contribution in [-0.2, 0) is 18.9 Å². The van der Waals surface area contributed by atoms with Gasteiger partial charge in [-0.05, 0) is 48.9 Å². The van der Waals surface area contributed by atoms with Crippen molar-refractivity contribution in [2.45, 2.75) is 44.1 Å². The summed E-state index contributed by atoms with van der Waals surface area (Å²) in [7, 11) is 3.01. The van der Waals surface area contributed by atoms with Gasteiger partial charge in [-0.1, -0.05) is 12.1 Å². The first-order valence-electron chi connectivity index (χ1n) is 9.33. The fourth-order valence-corrected chi connectivity index (χ4v) is 3.88. The van der Waals surface area contributed by atoms with E-state index in [4.69, 9.17) is 23.7 Å². The maximum Gasteiger partial charge on any atom is 0.509 e. The Hall–Kier alpha value is -2.78. The molecule has 0 saturated carbocycles. The highest BCUT2D eigenvalue weighted by Gasteiger charge is 2.58. The third kappa shape index (κ3) is 3.75. The Balaban J connectivity index is 1.58. The maximum atomic E-state index is 11.7. The monoisotopic (exact) mass is 399 g/mol. The van der Waals surface area contributed by atoms with Gasteiger partial charge in [0.05, 0.1) is 5.60 Å². The van der Waals surface area contributed by atoms with E-state index in [-0.39, 0.29) is 5.81 Å². The van der Waals surface area contributed by atoms with Gasteiger partial charge >= 0.3 is 6.16 Å². The first kappa shape index (κ1) is 19.5. The Labute approximate surface area is 168 Å². The molecule has 0 unspecified atom stereocenters. The lowest BCUT2D eigenvalue weighted by Gasteiger charge is -2.45. The molecule has 0 aliphatic carbocycles. The van der Waals surface area contributed by atoms with Crippen LogP contribution in [0.3, 0.4) is 0 Å². The number of fused-ring (bicyclic) bond motifs is 2. The fourth-order valence-electron chi connectivity index (χ4n) is 3.88. The molecule has 2 aromatic carbocycles. The van der Waals surface area contributed by atoms with Crippen LogP contribution < -0.4 is 10.1 Å². The largest absolute Gasteiger partial charge is 0.509 e. The van der Waals surface area contributed by atoms with Gasteiger partial charge in [-0.25, -0.2) is 4.79 Å². The predicted octanol–water partition coefficient (Wildman–Crippen LogP) is 2.44. The zero-order valence-corrected chi connectivity index (χ0v) is 16.6.